The van der Waals surface area contributed by atoms with E-state index in [1.165, 1.54) is 4.31 Å². The number of nitrogens with zero attached hydrogens (tertiary/aromatic N) is 1. The Kier molecular flexibility index (Phi) is 7.53. The van der Waals surface area contributed by atoms with Crippen LogP contribution in [-0.2, 0) is 21.4 Å². The first-order chi connectivity index (χ1) is 12.7. The summed E-state index contributed by atoms with van der Waals surface area (Å²) in [7, 11) is -3.43. The van der Waals surface area contributed by atoms with Gasteiger partial charge in [-0.05, 0) is 48.7 Å². The Morgan fingerprint density at radius 2 is 1.89 bits per heavy atom. The van der Waals surface area contributed by atoms with Gasteiger partial charge in [-0.15, -0.1) is 0 Å². The van der Waals surface area contributed by atoms with Crippen molar-refractivity contribution >= 4 is 44.8 Å². The molecule has 2 aromatic carbocycles. The molecule has 0 saturated carbocycles. The molecular weight excluding hydrogens is 407 g/mol. The van der Waals surface area contributed by atoms with E-state index in [-0.39, 0.29) is 18.9 Å². The Morgan fingerprint density at radius 1 is 1.15 bits per heavy atom. The molecular formula is C19H22Cl2N2O3S. The number of hydrogen-bond acceptors (Lipinski definition) is 3. The Balaban J connectivity index is 1.89. The van der Waals surface area contributed by atoms with Crippen LogP contribution in [0.2, 0.25) is 10.0 Å². The molecule has 1 amide bonds. The number of aryl methyl sites for hydroxylation is 1. The highest BCUT2D eigenvalue weighted by Crippen LogP contribution is 2.21. The average Bonchev–Trinajstić information content (AvgIpc) is 2.56. The first-order valence-corrected chi connectivity index (χ1v) is 11.0. The van der Waals surface area contributed by atoms with E-state index in [1.807, 2.05) is 25.1 Å². The smallest absolute Gasteiger partial charge is 0.232 e. The highest BCUT2D eigenvalue weighted by atomic mass is 35.5. The van der Waals surface area contributed by atoms with Crippen LogP contribution in [0.25, 0.3) is 0 Å². The topological polar surface area (TPSA) is 66.5 Å². The largest absolute Gasteiger partial charge is 0.352 e. The summed E-state index contributed by atoms with van der Waals surface area (Å²) in [5.74, 6) is -0.168. The third-order valence-electron chi connectivity index (χ3n) is 3.95. The zero-order chi connectivity index (χ0) is 20.0. The molecule has 0 unspecified atom stereocenters. The average molecular weight is 429 g/mol. The number of carbonyl (C=O) groups excluding carboxylic acids is 1. The van der Waals surface area contributed by atoms with Crippen molar-refractivity contribution < 1.29 is 13.2 Å². The molecule has 5 nitrogen and oxygen atoms in total. The third-order valence-corrected chi connectivity index (χ3v) is 5.73. The minimum absolute atomic E-state index is 0.168. The molecule has 0 fully saturated rings. The van der Waals surface area contributed by atoms with Gasteiger partial charge in [0, 0.05) is 29.6 Å². The van der Waals surface area contributed by atoms with Crippen LogP contribution in [0.15, 0.2) is 42.5 Å². The molecule has 2 aromatic rings. The number of sulfonamides is 1. The van der Waals surface area contributed by atoms with E-state index in [1.54, 1.807) is 24.3 Å². The van der Waals surface area contributed by atoms with Crippen LogP contribution < -0.4 is 9.62 Å². The number of nitrogens with one attached hydrogen (secondary N) is 1. The van der Waals surface area contributed by atoms with Crippen molar-refractivity contribution in [1.82, 2.24) is 5.32 Å². The van der Waals surface area contributed by atoms with Gasteiger partial charge in [0.05, 0.1) is 11.9 Å². The number of carbonyl (C=O) groups is 1. The summed E-state index contributed by atoms with van der Waals surface area (Å²) in [6, 6.07) is 12.4. The fourth-order valence-electron chi connectivity index (χ4n) is 2.60. The maximum Gasteiger partial charge on any atom is 0.232 e. The summed E-state index contributed by atoms with van der Waals surface area (Å²) >= 11 is 11.9. The van der Waals surface area contributed by atoms with E-state index in [4.69, 9.17) is 23.2 Å². The second kappa shape index (κ2) is 9.44. The summed E-state index contributed by atoms with van der Waals surface area (Å²) in [4.78, 5) is 12.1. The van der Waals surface area contributed by atoms with Gasteiger partial charge in [0.2, 0.25) is 15.9 Å². The number of halogens is 2. The lowest BCUT2D eigenvalue weighted by atomic mass is 10.2. The number of anilines is 1. The SMILES string of the molecule is Cc1cccc(N(CCCC(=O)NCc2ccc(Cl)cc2Cl)S(C)(=O)=O)c1. The molecule has 8 heteroatoms. The monoisotopic (exact) mass is 428 g/mol. The van der Waals surface area contributed by atoms with Crippen LogP contribution in [0.5, 0.6) is 0 Å². The Labute approximate surface area is 170 Å². The van der Waals surface area contributed by atoms with Crippen molar-refractivity contribution in [2.45, 2.75) is 26.3 Å². The molecule has 27 heavy (non-hydrogen) atoms. The van der Waals surface area contributed by atoms with Crippen molar-refractivity contribution in [3.05, 3.63) is 63.6 Å². The van der Waals surface area contributed by atoms with Crippen LogP contribution in [0, 0.1) is 6.92 Å². The predicted octanol–water partition coefficient (Wildman–Crippen LogP) is 4.16. The zero-order valence-electron chi connectivity index (χ0n) is 15.2. The minimum atomic E-state index is -3.43. The maximum absolute atomic E-state index is 12.1. The maximum atomic E-state index is 12.1. The molecule has 0 aliphatic carbocycles. The highest BCUT2D eigenvalue weighted by Gasteiger charge is 2.17. The fraction of sp³-hybridized carbons (Fsp3) is 0.316. The molecule has 0 aromatic heterocycles. The van der Waals surface area contributed by atoms with E-state index in [9.17, 15) is 13.2 Å². The number of amides is 1. The molecule has 0 radical (unpaired) electrons. The van der Waals surface area contributed by atoms with Crippen LogP contribution in [-0.4, -0.2) is 27.1 Å². The summed E-state index contributed by atoms with van der Waals surface area (Å²) in [5, 5.41) is 3.81. The van der Waals surface area contributed by atoms with Crippen molar-refractivity contribution in [3.8, 4) is 0 Å². The van der Waals surface area contributed by atoms with Gasteiger partial charge in [0.1, 0.15) is 0 Å². The van der Waals surface area contributed by atoms with Gasteiger partial charge >= 0.3 is 0 Å². The van der Waals surface area contributed by atoms with Crippen LogP contribution in [0.4, 0.5) is 5.69 Å². The van der Waals surface area contributed by atoms with Crippen LogP contribution >= 0.6 is 23.2 Å². The highest BCUT2D eigenvalue weighted by molar-refractivity contribution is 7.92. The van der Waals surface area contributed by atoms with Crippen LogP contribution in [0.3, 0.4) is 0 Å². The lowest BCUT2D eigenvalue weighted by molar-refractivity contribution is -0.121. The standard InChI is InChI=1S/C19H22Cl2N2O3S/c1-14-5-3-6-17(11-14)23(27(2,25)26)10-4-7-19(24)22-13-15-8-9-16(20)12-18(15)21/h3,5-6,8-9,11-12H,4,7,10,13H2,1-2H3,(H,22,24). The Morgan fingerprint density at radius 3 is 2.52 bits per heavy atom. The molecule has 0 bridgehead atoms. The van der Waals surface area contributed by atoms with Gasteiger partial charge in [-0.25, -0.2) is 8.42 Å². The van der Waals surface area contributed by atoms with Crippen molar-refractivity contribution in [2.24, 2.45) is 0 Å². The van der Waals surface area contributed by atoms with E-state index < -0.39 is 10.0 Å². The van der Waals surface area contributed by atoms with Crippen LogP contribution in [0.1, 0.15) is 24.0 Å². The first-order valence-electron chi connectivity index (χ1n) is 8.42. The summed E-state index contributed by atoms with van der Waals surface area (Å²) in [6.45, 7) is 2.43. The van der Waals surface area contributed by atoms with Gasteiger partial charge in [-0.1, -0.05) is 41.4 Å². The summed E-state index contributed by atoms with van der Waals surface area (Å²) in [6.07, 6.45) is 1.78. The van der Waals surface area contributed by atoms with Crippen molar-refractivity contribution in [1.29, 1.82) is 0 Å². The summed E-state index contributed by atoms with van der Waals surface area (Å²) in [5.41, 5.74) is 2.34. The molecule has 2 rings (SSSR count). The van der Waals surface area contributed by atoms with E-state index >= 15 is 0 Å². The molecule has 1 N–H and O–H groups in total. The molecule has 0 aliphatic rings. The molecule has 0 spiro atoms. The number of hydrogen-bond donors (Lipinski definition) is 1. The molecule has 0 heterocycles. The van der Waals surface area contributed by atoms with Crippen molar-refractivity contribution in [3.63, 3.8) is 0 Å². The Bertz CT molecular complexity index is 917. The molecule has 0 saturated heterocycles. The summed E-state index contributed by atoms with van der Waals surface area (Å²) < 4.78 is 25.5. The lowest BCUT2D eigenvalue weighted by Crippen LogP contribution is -2.32. The minimum Gasteiger partial charge on any atom is -0.352 e. The Hall–Kier alpha value is -1.76. The quantitative estimate of drug-likeness (QED) is 0.685. The third kappa shape index (κ3) is 6.72. The molecule has 0 aliphatic heterocycles. The van der Waals surface area contributed by atoms with E-state index in [0.29, 0.717) is 28.7 Å². The first kappa shape index (κ1) is 21.5. The number of benzene rings is 2. The second-order valence-corrected chi connectivity index (χ2v) is 9.04. The van der Waals surface area contributed by atoms with Gasteiger partial charge in [0.25, 0.3) is 0 Å². The van der Waals surface area contributed by atoms with Gasteiger partial charge in [-0.3, -0.25) is 9.10 Å². The molecule has 0 atom stereocenters. The van der Waals surface area contributed by atoms with Gasteiger partial charge in [0.15, 0.2) is 0 Å². The van der Waals surface area contributed by atoms with Gasteiger partial charge in [-0.2, -0.15) is 0 Å². The normalized spacial score (nSPS) is 11.3. The van der Waals surface area contributed by atoms with Crippen molar-refractivity contribution in [2.75, 3.05) is 17.1 Å². The van der Waals surface area contributed by atoms with E-state index in [0.717, 1.165) is 17.4 Å². The lowest BCUT2D eigenvalue weighted by Gasteiger charge is -2.22. The predicted molar refractivity (Wildman–Crippen MR) is 111 cm³/mol. The zero-order valence-corrected chi connectivity index (χ0v) is 17.5. The van der Waals surface area contributed by atoms with Gasteiger partial charge < -0.3 is 5.32 Å². The second-order valence-electron chi connectivity index (χ2n) is 6.29. The fourth-order valence-corrected chi connectivity index (χ4v) is 4.03. The number of rotatable bonds is 8. The molecule has 146 valence electrons. The van der Waals surface area contributed by atoms with E-state index in [2.05, 4.69) is 5.32 Å².